The minimum atomic E-state index is -0.169. The molecule has 2 aliphatic rings. The molecular formula is C17H24N2O5. The molecule has 0 radical (unpaired) electrons. The Morgan fingerprint density at radius 2 is 2.21 bits per heavy atom. The number of hydrogen-bond acceptors (Lipinski definition) is 5. The van der Waals surface area contributed by atoms with Crippen LogP contribution in [0.1, 0.15) is 35.3 Å². The van der Waals surface area contributed by atoms with Gasteiger partial charge in [-0.2, -0.15) is 0 Å². The highest BCUT2D eigenvalue weighted by atomic mass is 16.5. The van der Waals surface area contributed by atoms with Crippen molar-refractivity contribution >= 4 is 5.91 Å². The average Bonchev–Trinajstić information content (AvgIpc) is 2.77. The van der Waals surface area contributed by atoms with E-state index in [2.05, 4.69) is 5.32 Å². The zero-order valence-corrected chi connectivity index (χ0v) is 14.0. The summed E-state index contributed by atoms with van der Waals surface area (Å²) in [7, 11) is 1.58. The van der Waals surface area contributed by atoms with E-state index in [0.29, 0.717) is 56.4 Å². The molecule has 0 spiro atoms. The molecule has 1 aromatic rings. The lowest BCUT2D eigenvalue weighted by atomic mass is 9.92. The molecule has 7 heteroatoms. The number of aromatic nitrogens is 1. The Morgan fingerprint density at radius 1 is 1.38 bits per heavy atom. The summed E-state index contributed by atoms with van der Waals surface area (Å²) in [6.07, 6.45) is 3.67. The maximum absolute atomic E-state index is 12.8. The Morgan fingerprint density at radius 3 is 2.92 bits per heavy atom. The largest absolute Gasteiger partial charge is 0.490 e. The molecule has 0 unspecified atom stereocenters. The monoisotopic (exact) mass is 336 g/mol. The molecule has 1 fully saturated rings. The summed E-state index contributed by atoms with van der Waals surface area (Å²) in [6.45, 7) is 2.10. The fourth-order valence-electron chi connectivity index (χ4n) is 3.01. The second kappa shape index (κ2) is 7.81. The maximum Gasteiger partial charge on any atom is 0.257 e. The van der Waals surface area contributed by atoms with E-state index in [4.69, 9.17) is 14.2 Å². The highest BCUT2D eigenvalue weighted by Gasteiger charge is 2.27. The van der Waals surface area contributed by atoms with Gasteiger partial charge in [0.2, 0.25) is 0 Å². The SMILES string of the molecule is COCCOc1cc(=O)n2c(c1C(=O)NC1CCC1)CCOCC2. The fourth-order valence-corrected chi connectivity index (χ4v) is 3.01. The van der Waals surface area contributed by atoms with Crippen molar-refractivity contribution in [2.75, 3.05) is 33.5 Å². The van der Waals surface area contributed by atoms with Gasteiger partial charge in [-0.3, -0.25) is 9.59 Å². The molecule has 1 saturated carbocycles. The van der Waals surface area contributed by atoms with Gasteiger partial charge in [-0.05, 0) is 19.3 Å². The lowest BCUT2D eigenvalue weighted by Gasteiger charge is -2.27. The molecule has 1 aliphatic carbocycles. The van der Waals surface area contributed by atoms with Gasteiger partial charge in [0.15, 0.2) is 0 Å². The van der Waals surface area contributed by atoms with Gasteiger partial charge >= 0.3 is 0 Å². The van der Waals surface area contributed by atoms with Gasteiger partial charge in [-0.15, -0.1) is 0 Å². The molecule has 1 N–H and O–H groups in total. The Labute approximate surface area is 140 Å². The van der Waals surface area contributed by atoms with Crippen molar-refractivity contribution in [2.45, 2.75) is 38.3 Å². The first-order chi connectivity index (χ1) is 11.7. The molecular weight excluding hydrogens is 312 g/mol. The first kappa shape index (κ1) is 17.0. The van der Waals surface area contributed by atoms with Gasteiger partial charge < -0.3 is 24.1 Å². The number of pyridine rings is 1. The standard InChI is InChI=1S/C17H24N2O5/c1-22-9-10-24-14-11-15(20)19-6-8-23-7-5-13(19)16(14)17(21)18-12-3-2-4-12/h11-12H,2-10H2,1H3,(H,18,21). The van der Waals surface area contributed by atoms with Crippen LogP contribution in [0.15, 0.2) is 10.9 Å². The van der Waals surface area contributed by atoms with Crippen molar-refractivity contribution in [3.05, 3.63) is 27.7 Å². The van der Waals surface area contributed by atoms with Crippen LogP contribution in [0, 0.1) is 0 Å². The molecule has 2 heterocycles. The van der Waals surface area contributed by atoms with Gasteiger partial charge in [0.1, 0.15) is 17.9 Å². The Kier molecular flexibility index (Phi) is 5.52. The van der Waals surface area contributed by atoms with Crippen LogP contribution in [0.4, 0.5) is 0 Å². The van der Waals surface area contributed by atoms with Crippen LogP contribution in [-0.4, -0.2) is 50.1 Å². The smallest absolute Gasteiger partial charge is 0.257 e. The fraction of sp³-hybridized carbons (Fsp3) is 0.647. The Balaban J connectivity index is 1.96. The number of carbonyl (C=O) groups excluding carboxylic acids is 1. The number of fused-ring (bicyclic) bond motifs is 1. The van der Waals surface area contributed by atoms with Gasteiger partial charge in [0.05, 0.1) is 19.8 Å². The number of ether oxygens (including phenoxy) is 3. The zero-order valence-electron chi connectivity index (χ0n) is 14.0. The average molecular weight is 336 g/mol. The summed E-state index contributed by atoms with van der Waals surface area (Å²) < 4.78 is 17.8. The normalized spacial score (nSPS) is 17.5. The number of methoxy groups -OCH3 is 1. The van der Waals surface area contributed by atoms with Gasteiger partial charge in [0.25, 0.3) is 11.5 Å². The van der Waals surface area contributed by atoms with Gasteiger partial charge in [0, 0.05) is 37.9 Å². The first-order valence-corrected chi connectivity index (χ1v) is 8.47. The first-order valence-electron chi connectivity index (χ1n) is 8.47. The number of amides is 1. The Hall–Kier alpha value is -1.86. The van der Waals surface area contributed by atoms with Crippen LogP contribution in [0.3, 0.4) is 0 Å². The van der Waals surface area contributed by atoms with Crippen LogP contribution >= 0.6 is 0 Å². The van der Waals surface area contributed by atoms with Crippen LogP contribution in [-0.2, 0) is 22.4 Å². The number of nitrogens with one attached hydrogen (secondary N) is 1. The topological polar surface area (TPSA) is 78.8 Å². The summed E-state index contributed by atoms with van der Waals surface area (Å²) >= 11 is 0. The number of rotatable bonds is 6. The van der Waals surface area contributed by atoms with Crippen molar-refractivity contribution in [3.63, 3.8) is 0 Å². The minimum Gasteiger partial charge on any atom is -0.490 e. The van der Waals surface area contributed by atoms with Crippen molar-refractivity contribution < 1.29 is 19.0 Å². The van der Waals surface area contributed by atoms with Crippen molar-refractivity contribution in [3.8, 4) is 5.75 Å². The third-order valence-corrected chi connectivity index (χ3v) is 4.54. The summed E-state index contributed by atoms with van der Waals surface area (Å²) in [5.74, 6) is 0.166. The zero-order chi connectivity index (χ0) is 16.9. The van der Waals surface area contributed by atoms with Crippen LogP contribution in [0.2, 0.25) is 0 Å². The van der Waals surface area contributed by atoms with E-state index in [9.17, 15) is 9.59 Å². The predicted octanol–water partition coefficient (Wildman–Crippen LogP) is 0.729. The summed E-state index contributed by atoms with van der Waals surface area (Å²) in [5, 5.41) is 3.05. The number of nitrogens with zero attached hydrogens (tertiary/aromatic N) is 1. The van der Waals surface area contributed by atoms with E-state index in [-0.39, 0.29) is 17.5 Å². The second-order valence-electron chi connectivity index (χ2n) is 6.13. The third kappa shape index (κ3) is 3.62. The highest BCUT2D eigenvalue weighted by molar-refractivity contribution is 5.98. The minimum absolute atomic E-state index is 0.164. The molecule has 1 aliphatic heterocycles. The van der Waals surface area contributed by atoms with E-state index >= 15 is 0 Å². The van der Waals surface area contributed by atoms with E-state index in [1.165, 1.54) is 6.07 Å². The van der Waals surface area contributed by atoms with E-state index in [0.717, 1.165) is 19.3 Å². The lowest BCUT2D eigenvalue weighted by Crippen LogP contribution is -2.41. The van der Waals surface area contributed by atoms with E-state index in [1.807, 2.05) is 0 Å². The molecule has 0 atom stereocenters. The van der Waals surface area contributed by atoms with Crippen molar-refractivity contribution in [1.29, 1.82) is 0 Å². The molecule has 0 saturated heterocycles. The maximum atomic E-state index is 12.8. The third-order valence-electron chi connectivity index (χ3n) is 4.54. The second-order valence-corrected chi connectivity index (χ2v) is 6.13. The summed E-state index contributed by atoms with van der Waals surface area (Å²) in [6, 6.07) is 1.62. The lowest BCUT2D eigenvalue weighted by molar-refractivity contribution is 0.0906. The van der Waals surface area contributed by atoms with Gasteiger partial charge in [-0.1, -0.05) is 0 Å². The van der Waals surface area contributed by atoms with Crippen LogP contribution in [0.5, 0.6) is 5.75 Å². The summed E-state index contributed by atoms with van der Waals surface area (Å²) in [5.41, 5.74) is 0.996. The summed E-state index contributed by atoms with van der Waals surface area (Å²) in [4.78, 5) is 25.2. The van der Waals surface area contributed by atoms with E-state index < -0.39 is 0 Å². The van der Waals surface area contributed by atoms with Gasteiger partial charge in [-0.25, -0.2) is 0 Å². The number of carbonyl (C=O) groups is 1. The Bertz CT molecular complexity index is 651. The molecule has 24 heavy (non-hydrogen) atoms. The molecule has 1 amide bonds. The molecule has 7 nitrogen and oxygen atoms in total. The van der Waals surface area contributed by atoms with Crippen molar-refractivity contribution in [1.82, 2.24) is 9.88 Å². The van der Waals surface area contributed by atoms with E-state index in [1.54, 1.807) is 11.7 Å². The molecule has 1 aromatic heterocycles. The molecule has 0 aromatic carbocycles. The predicted molar refractivity (Wildman–Crippen MR) is 87.7 cm³/mol. The van der Waals surface area contributed by atoms with Crippen LogP contribution < -0.4 is 15.6 Å². The number of hydrogen-bond donors (Lipinski definition) is 1. The van der Waals surface area contributed by atoms with Crippen molar-refractivity contribution in [2.24, 2.45) is 0 Å². The quantitative estimate of drug-likeness (QED) is 0.775. The molecule has 3 rings (SSSR count). The van der Waals surface area contributed by atoms with Crippen LogP contribution in [0.25, 0.3) is 0 Å². The highest BCUT2D eigenvalue weighted by Crippen LogP contribution is 2.25. The molecule has 0 bridgehead atoms. The molecule has 132 valence electrons.